The van der Waals surface area contributed by atoms with Gasteiger partial charge in [-0.15, -0.1) is 36.2 Å². The molecule has 1 fully saturated rings. The average molecular weight is 368 g/mol. The first-order valence-electron chi connectivity index (χ1n) is 7.62. The molecule has 1 heterocycles. The van der Waals surface area contributed by atoms with Crippen LogP contribution in [0, 0.1) is 5.92 Å². The van der Waals surface area contributed by atoms with Gasteiger partial charge >= 0.3 is 0 Å². The van der Waals surface area contributed by atoms with Gasteiger partial charge in [0.2, 0.25) is 5.91 Å². The summed E-state index contributed by atoms with van der Waals surface area (Å²) in [5.74, 6) is 0.598. The van der Waals surface area contributed by atoms with Gasteiger partial charge in [0.1, 0.15) is 0 Å². The Hall–Kier alpha value is -0.360. The van der Waals surface area contributed by atoms with E-state index < -0.39 is 0 Å². The zero-order chi connectivity index (χ0) is 14.4. The second-order valence-corrected chi connectivity index (χ2v) is 6.62. The van der Waals surface area contributed by atoms with E-state index in [1.54, 1.807) is 11.3 Å². The first kappa shape index (κ1) is 21.6. The van der Waals surface area contributed by atoms with Crippen molar-refractivity contribution in [2.75, 3.05) is 13.1 Å². The highest BCUT2D eigenvalue weighted by Crippen LogP contribution is 2.33. The number of amides is 1. The number of hydrogen-bond donors (Lipinski definition) is 2. The smallest absolute Gasteiger partial charge is 0.224 e. The summed E-state index contributed by atoms with van der Waals surface area (Å²) in [6, 6.07) is 0. The van der Waals surface area contributed by atoms with Gasteiger partial charge in [-0.3, -0.25) is 4.79 Å². The molecule has 0 spiro atoms. The quantitative estimate of drug-likeness (QED) is 0.810. The molecule has 1 aromatic heterocycles. The number of carbonyl (C=O) groups is 1. The van der Waals surface area contributed by atoms with Crippen LogP contribution in [0.4, 0.5) is 0 Å². The molecular weight excluding hydrogens is 341 g/mol. The number of carbonyl (C=O) groups excluding carboxylic acids is 1. The number of nitrogens with two attached hydrogens (primary N) is 1. The average Bonchev–Trinajstić information content (AvgIpc) is 2.96. The molecule has 1 unspecified atom stereocenters. The maximum atomic E-state index is 11.6. The van der Waals surface area contributed by atoms with Crippen LogP contribution >= 0.6 is 36.2 Å². The molecule has 1 aliphatic carbocycles. The van der Waals surface area contributed by atoms with E-state index in [-0.39, 0.29) is 36.6 Å². The lowest BCUT2D eigenvalue weighted by atomic mass is 9.87. The van der Waals surface area contributed by atoms with Crippen molar-refractivity contribution in [1.82, 2.24) is 10.3 Å². The van der Waals surface area contributed by atoms with Gasteiger partial charge in [0, 0.05) is 36.7 Å². The molecule has 128 valence electrons. The fourth-order valence-corrected chi connectivity index (χ4v) is 3.48. The van der Waals surface area contributed by atoms with Gasteiger partial charge in [-0.05, 0) is 12.8 Å². The molecule has 7 heteroatoms. The lowest BCUT2D eigenvalue weighted by Crippen LogP contribution is -2.34. The number of nitrogens with one attached hydrogen (secondary N) is 1. The summed E-state index contributed by atoms with van der Waals surface area (Å²) in [6.45, 7) is 2.90. The third-order valence-corrected chi connectivity index (χ3v) is 4.96. The molecule has 0 saturated heterocycles. The number of rotatable bonds is 6. The summed E-state index contributed by atoms with van der Waals surface area (Å²) >= 11 is 1.72. The Morgan fingerprint density at radius 1 is 1.41 bits per heavy atom. The topological polar surface area (TPSA) is 68.0 Å². The van der Waals surface area contributed by atoms with Crippen LogP contribution in [0.15, 0.2) is 5.38 Å². The standard InChI is InChI=1S/C15H25N3OS.2ClH/c1-11(9-16)15(19)17-8-7-14-18-13(10-20-14)12-5-3-2-4-6-12;;/h10-12H,2-9,16H2,1H3,(H,17,19);2*1H. The molecule has 22 heavy (non-hydrogen) atoms. The Labute approximate surface area is 149 Å². The first-order chi connectivity index (χ1) is 9.70. The van der Waals surface area contributed by atoms with Crippen molar-refractivity contribution >= 4 is 42.1 Å². The third kappa shape index (κ3) is 6.41. The van der Waals surface area contributed by atoms with Crippen LogP contribution in [0.2, 0.25) is 0 Å². The first-order valence-corrected chi connectivity index (χ1v) is 8.50. The van der Waals surface area contributed by atoms with E-state index in [4.69, 9.17) is 10.7 Å². The van der Waals surface area contributed by atoms with Crippen LogP contribution in [-0.4, -0.2) is 24.0 Å². The normalized spacial score (nSPS) is 16.3. The number of thiazole rings is 1. The van der Waals surface area contributed by atoms with Gasteiger partial charge in [-0.25, -0.2) is 4.98 Å². The van der Waals surface area contributed by atoms with Crippen molar-refractivity contribution in [3.8, 4) is 0 Å². The minimum Gasteiger partial charge on any atom is -0.355 e. The minimum atomic E-state index is -0.107. The van der Waals surface area contributed by atoms with Gasteiger partial charge < -0.3 is 11.1 Å². The van der Waals surface area contributed by atoms with E-state index in [1.165, 1.54) is 37.8 Å². The van der Waals surface area contributed by atoms with Crippen LogP contribution in [0.1, 0.15) is 55.6 Å². The highest BCUT2D eigenvalue weighted by molar-refractivity contribution is 7.09. The van der Waals surface area contributed by atoms with Crippen LogP contribution in [0.25, 0.3) is 0 Å². The maximum absolute atomic E-state index is 11.6. The molecule has 3 N–H and O–H groups in total. The second-order valence-electron chi connectivity index (χ2n) is 5.68. The molecule has 0 bridgehead atoms. The molecule has 1 amide bonds. The van der Waals surface area contributed by atoms with E-state index in [9.17, 15) is 4.79 Å². The van der Waals surface area contributed by atoms with E-state index in [0.29, 0.717) is 19.0 Å². The molecule has 1 atom stereocenters. The Bertz CT molecular complexity index is 436. The van der Waals surface area contributed by atoms with E-state index in [1.807, 2.05) is 6.92 Å². The predicted molar refractivity (Wildman–Crippen MR) is 97.4 cm³/mol. The lowest BCUT2D eigenvalue weighted by molar-refractivity contribution is -0.124. The van der Waals surface area contributed by atoms with E-state index in [0.717, 1.165) is 11.4 Å². The van der Waals surface area contributed by atoms with E-state index in [2.05, 4.69) is 10.7 Å². The molecule has 0 radical (unpaired) electrons. The molecule has 0 aromatic carbocycles. The van der Waals surface area contributed by atoms with Crippen molar-refractivity contribution in [3.05, 3.63) is 16.1 Å². The molecule has 0 aliphatic heterocycles. The number of nitrogens with zero attached hydrogens (tertiary/aromatic N) is 1. The number of halogens is 2. The van der Waals surface area contributed by atoms with Crippen LogP contribution in [0.3, 0.4) is 0 Å². The zero-order valence-electron chi connectivity index (χ0n) is 13.0. The largest absolute Gasteiger partial charge is 0.355 e. The predicted octanol–water partition coefficient (Wildman–Crippen LogP) is 3.29. The minimum absolute atomic E-state index is 0. The van der Waals surface area contributed by atoms with Crippen molar-refractivity contribution in [2.45, 2.75) is 51.4 Å². The van der Waals surface area contributed by atoms with Gasteiger partial charge in [0.05, 0.1) is 10.7 Å². The van der Waals surface area contributed by atoms with Crippen LogP contribution in [-0.2, 0) is 11.2 Å². The summed E-state index contributed by atoms with van der Waals surface area (Å²) in [7, 11) is 0. The number of aromatic nitrogens is 1. The van der Waals surface area contributed by atoms with Crippen molar-refractivity contribution in [1.29, 1.82) is 0 Å². The molecular formula is C15H27Cl2N3OS. The maximum Gasteiger partial charge on any atom is 0.224 e. The summed E-state index contributed by atoms with van der Waals surface area (Å²) in [6.07, 6.45) is 7.44. The van der Waals surface area contributed by atoms with Crippen molar-refractivity contribution in [3.63, 3.8) is 0 Å². The molecule has 1 aromatic rings. The Morgan fingerprint density at radius 2 is 2.09 bits per heavy atom. The van der Waals surface area contributed by atoms with Gasteiger partial charge in [0.25, 0.3) is 0 Å². The third-order valence-electron chi connectivity index (χ3n) is 4.03. The van der Waals surface area contributed by atoms with Crippen LogP contribution in [0.5, 0.6) is 0 Å². The SMILES string of the molecule is CC(CN)C(=O)NCCc1nc(C2CCCCC2)cs1.Cl.Cl. The Kier molecular flexibility index (Phi) is 11.0. The number of hydrogen-bond acceptors (Lipinski definition) is 4. The van der Waals surface area contributed by atoms with Crippen LogP contribution < -0.4 is 11.1 Å². The summed E-state index contributed by atoms with van der Waals surface area (Å²) < 4.78 is 0. The van der Waals surface area contributed by atoms with Crippen molar-refractivity contribution in [2.24, 2.45) is 11.7 Å². The summed E-state index contributed by atoms with van der Waals surface area (Å²) in [5, 5.41) is 6.25. The molecule has 1 saturated carbocycles. The van der Waals surface area contributed by atoms with E-state index >= 15 is 0 Å². The van der Waals surface area contributed by atoms with Gasteiger partial charge in [0.15, 0.2) is 0 Å². The van der Waals surface area contributed by atoms with Gasteiger partial charge in [-0.1, -0.05) is 26.2 Å². The highest BCUT2D eigenvalue weighted by atomic mass is 35.5. The lowest BCUT2D eigenvalue weighted by Gasteiger charge is -2.19. The summed E-state index contributed by atoms with van der Waals surface area (Å²) in [4.78, 5) is 16.3. The monoisotopic (exact) mass is 367 g/mol. The second kappa shape index (κ2) is 11.2. The molecule has 1 aliphatic rings. The summed E-state index contributed by atoms with van der Waals surface area (Å²) in [5.41, 5.74) is 6.74. The molecule has 2 rings (SSSR count). The highest BCUT2D eigenvalue weighted by Gasteiger charge is 2.18. The fourth-order valence-electron chi connectivity index (χ4n) is 2.60. The van der Waals surface area contributed by atoms with Gasteiger partial charge in [-0.2, -0.15) is 0 Å². The van der Waals surface area contributed by atoms with Crippen molar-refractivity contribution < 1.29 is 4.79 Å². The fraction of sp³-hybridized carbons (Fsp3) is 0.733. The Balaban J connectivity index is 0.00000220. The Morgan fingerprint density at radius 3 is 2.73 bits per heavy atom. The zero-order valence-corrected chi connectivity index (χ0v) is 15.5. The molecule has 4 nitrogen and oxygen atoms in total.